The van der Waals surface area contributed by atoms with Crippen LogP contribution in [0.15, 0.2) is 0 Å². The van der Waals surface area contributed by atoms with Gasteiger partial charge in [0.05, 0.1) is 54.4 Å². The number of hydrogen-bond acceptors (Lipinski definition) is 3. The van der Waals surface area contributed by atoms with E-state index in [2.05, 4.69) is 55.9 Å². The number of rotatable bonds is 4. The molecular formula is C12H32FN2O3P. The summed E-state index contributed by atoms with van der Waals surface area (Å²) in [6.07, 6.45) is 0. The van der Waals surface area contributed by atoms with Crippen molar-refractivity contribution in [2.24, 2.45) is 0 Å². The van der Waals surface area contributed by atoms with Crippen molar-refractivity contribution in [3.63, 3.8) is 0 Å². The Hall–Kier alpha value is -0.0000000000000000555. The molecule has 0 amide bonds. The van der Waals surface area contributed by atoms with Gasteiger partial charge in [0.2, 0.25) is 0 Å². The average molecular weight is 302 g/mol. The minimum Gasteiger partial charge on any atom is -0.786 e. The lowest BCUT2D eigenvalue weighted by Crippen LogP contribution is -2.38. The second-order valence-corrected chi connectivity index (χ2v) is 6.43. The van der Waals surface area contributed by atoms with Crippen molar-refractivity contribution in [2.45, 2.75) is 27.7 Å². The van der Waals surface area contributed by atoms with Gasteiger partial charge < -0.3 is 23.3 Å². The van der Waals surface area contributed by atoms with Crippen molar-refractivity contribution in [1.29, 1.82) is 0 Å². The van der Waals surface area contributed by atoms with Gasteiger partial charge in [-0.25, -0.2) is 4.20 Å². The molecule has 5 nitrogen and oxygen atoms in total. The molecular weight excluding hydrogens is 270 g/mol. The van der Waals surface area contributed by atoms with Crippen molar-refractivity contribution in [1.82, 2.24) is 0 Å². The summed E-state index contributed by atoms with van der Waals surface area (Å²) in [6.45, 7) is 13.8. The molecule has 0 bridgehead atoms. The molecule has 0 saturated carbocycles. The molecule has 120 valence electrons. The summed E-state index contributed by atoms with van der Waals surface area (Å²) in [6, 6.07) is 0. The van der Waals surface area contributed by atoms with E-state index in [4.69, 9.17) is 14.4 Å². The normalized spacial score (nSPS) is 11.9. The van der Waals surface area contributed by atoms with E-state index in [1.807, 2.05) is 0 Å². The van der Waals surface area contributed by atoms with Crippen LogP contribution in [0.1, 0.15) is 27.7 Å². The molecule has 0 aromatic rings. The van der Waals surface area contributed by atoms with Crippen molar-refractivity contribution in [3.8, 4) is 0 Å². The van der Waals surface area contributed by atoms with Gasteiger partial charge in [0.15, 0.2) is 0 Å². The smallest absolute Gasteiger partial charge is 0.110 e. The lowest BCUT2D eigenvalue weighted by Gasteiger charge is -2.25. The first kappa shape index (κ1) is 24.0. The maximum atomic E-state index is 10.1. The van der Waals surface area contributed by atoms with E-state index < -0.39 is 7.91 Å². The summed E-state index contributed by atoms with van der Waals surface area (Å²) < 4.78 is 20.8. The van der Waals surface area contributed by atoms with Crippen LogP contribution in [0.4, 0.5) is 4.20 Å². The second-order valence-electron chi connectivity index (χ2n) is 5.57. The Morgan fingerprint density at radius 1 is 0.789 bits per heavy atom. The zero-order chi connectivity index (χ0) is 16.3. The Morgan fingerprint density at radius 3 is 0.895 bits per heavy atom. The molecule has 0 aliphatic rings. The lowest BCUT2D eigenvalue weighted by atomic mass is 10.5. The molecule has 0 saturated heterocycles. The molecule has 0 heterocycles. The molecule has 0 fully saturated rings. The van der Waals surface area contributed by atoms with Gasteiger partial charge in [-0.15, -0.1) is 0 Å². The summed E-state index contributed by atoms with van der Waals surface area (Å²) in [7, 11) is 3.31. The molecule has 0 spiro atoms. The first-order valence-corrected chi connectivity index (χ1v) is 8.03. The Kier molecular flexibility index (Phi) is 13.6. The van der Waals surface area contributed by atoms with E-state index in [9.17, 15) is 4.20 Å². The van der Waals surface area contributed by atoms with Crippen LogP contribution in [-0.4, -0.2) is 63.3 Å². The summed E-state index contributed by atoms with van der Waals surface area (Å²) in [5, 5.41) is 0. The van der Waals surface area contributed by atoms with Crippen molar-refractivity contribution in [2.75, 3.05) is 54.4 Å². The summed E-state index contributed by atoms with van der Waals surface area (Å²) in [4.78, 5) is 16.9. The summed E-state index contributed by atoms with van der Waals surface area (Å²) in [5.74, 6) is 0. The molecule has 0 aromatic carbocycles. The van der Waals surface area contributed by atoms with E-state index in [1.54, 1.807) is 0 Å². The number of hydrogen-bond donors (Lipinski definition) is 0. The zero-order valence-corrected chi connectivity index (χ0v) is 14.7. The first-order valence-electron chi connectivity index (χ1n) is 6.60. The minimum atomic E-state index is -5.64. The van der Waals surface area contributed by atoms with Crippen LogP contribution in [0, 0.1) is 0 Å². The van der Waals surface area contributed by atoms with Crippen LogP contribution in [0.5, 0.6) is 0 Å². The molecule has 19 heavy (non-hydrogen) atoms. The third-order valence-electron chi connectivity index (χ3n) is 3.42. The largest absolute Gasteiger partial charge is 0.786 e. The van der Waals surface area contributed by atoms with Crippen LogP contribution in [0.25, 0.3) is 0 Å². The SMILES string of the molecule is CC[N+](C)(C)CC.CC[N+](C)(C)CC.O=P([O-])([O-])F. The first-order chi connectivity index (χ1) is 8.24. The Labute approximate surface area is 118 Å². The fourth-order valence-corrected chi connectivity index (χ4v) is 0.447. The van der Waals surface area contributed by atoms with Crippen LogP contribution < -0.4 is 9.79 Å². The van der Waals surface area contributed by atoms with E-state index in [1.165, 1.54) is 26.2 Å². The van der Waals surface area contributed by atoms with Crippen LogP contribution in [-0.2, 0) is 4.57 Å². The van der Waals surface area contributed by atoms with E-state index >= 15 is 0 Å². The topological polar surface area (TPSA) is 63.2 Å². The minimum absolute atomic E-state index is 1.14. The van der Waals surface area contributed by atoms with Gasteiger partial charge in [-0.2, -0.15) is 0 Å². The number of halogens is 1. The summed E-state index contributed by atoms with van der Waals surface area (Å²) in [5.41, 5.74) is 0. The zero-order valence-electron chi connectivity index (χ0n) is 13.8. The highest BCUT2D eigenvalue weighted by atomic mass is 31.2. The molecule has 0 N–H and O–H groups in total. The molecule has 0 aliphatic heterocycles. The maximum absolute atomic E-state index is 10.1. The molecule has 0 radical (unpaired) electrons. The van der Waals surface area contributed by atoms with Gasteiger partial charge in [0.1, 0.15) is 7.91 Å². The highest BCUT2D eigenvalue weighted by Crippen LogP contribution is 2.22. The lowest BCUT2D eigenvalue weighted by molar-refractivity contribution is -0.886. The fourth-order valence-electron chi connectivity index (χ4n) is 0.447. The standard InChI is InChI=1S/2C6H16N.FH2O3P/c2*1-5-7(3,4)6-2;1-5(2,3)4/h2*5-6H2,1-4H3;(H2,2,3,4)/q2*+1;/p-2. The van der Waals surface area contributed by atoms with Crippen molar-refractivity contribution < 1.29 is 27.5 Å². The van der Waals surface area contributed by atoms with Crippen molar-refractivity contribution in [3.05, 3.63) is 0 Å². The monoisotopic (exact) mass is 302 g/mol. The molecule has 0 aliphatic carbocycles. The fraction of sp³-hybridized carbons (Fsp3) is 1.00. The Morgan fingerprint density at radius 2 is 0.895 bits per heavy atom. The quantitative estimate of drug-likeness (QED) is 0.575. The Balaban J connectivity index is -0.000000206. The summed E-state index contributed by atoms with van der Waals surface area (Å²) >= 11 is 0. The van der Waals surface area contributed by atoms with Gasteiger partial charge in [-0.05, 0) is 27.7 Å². The Bertz CT molecular complexity index is 219. The highest BCUT2D eigenvalue weighted by molar-refractivity contribution is 7.42. The van der Waals surface area contributed by atoms with Gasteiger partial charge >= 0.3 is 0 Å². The van der Waals surface area contributed by atoms with E-state index in [0.29, 0.717) is 0 Å². The molecule has 0 atom stereocenters. The maximum Gasteiger partial charge on any atom is 0.110 e. The van der Waals surface area contributed by atoms with Crippen LogP contribution in [0.2, 0.25) is 0 Å². The van der Waals surface area contributed by atoms with Gasteiger partial charge in [-0.3, -0.25) is 0 Å². The predicted molar refractivity (Wildman–Crippen MR) is 75.1 cm³/mol. The van der Waals surface area contributed by atoms with Gasteiger partial charge in [0.25, 0.3) is 0 Å². The molecule has 0 unspecified atom stereocenters. The van der Waals surface area contributed by atoms with Gasteiger partial charge in [-0.1, -0.05) is 0 Å². The third kappa shape index (κ3) is 32.0. The second kappa shape index (κ2) is 10.7. The number of nitrogens with zero attached hydrogens (tertiary/aromatic N) is 2. The predicted octanol–water partition coefficient (Wildman–Crippen LogP) is 0.990. The van der Waals surface area contributed by atoms with E-state index in [0.717, 1.165) is 8.97 Å². The number of quaternary nitrogens is 2. The van der Waals surface area contributed by atoms with Gasteiger partial charge in [0, 0.05) is 0 Å². The molecule has 7 heteroatoms. The van der Waals surface area contributed by atoms with Crippen molar-refractivity contribution >= 4 is 7.91 Å². The van der Waals surface area contributed by atoms with E-state index in [-0.39, 0.29) is 0 Å². The molecule has 0 rings (SSSR count). The third-order valence-corrected chi connectivity index (χ3v) is 3.42. The highest BCUT2D eigenvalue weighted by Gasteiger charge is 2.05. The van der Waals surface area contributed by atoms with Crippen LogP contribution in [0.3, 0.4) is 0 Å². The average Bonchev–Trinajstić information content (AvgIpc) is 2.28. The van der Waals surface area contributed by atoms with Crippen LogP contribution >= 0.6 is 7.91 Å². The molecule has 0 aromatic heterocycles.